The number of aryl methyl sites for hydroxylation is 3. The van der Waals surface area contributed by atoms with E-state index in [1.165, 1.54) is 0 Å². The summed E-state index contributed by atoms with van der Waals surface area (Å²) in [5.74, 6) is -0.0782. The molecule has 0 bridgehead atoms. The Morgan fingerprint density at radius 1 is 1.11 bits per heavy atom. The average Bonchev–Trinajstić information content (AvgIpc) is 2.64. The smallest absolute Gasteiger partial charge is 0.267 e. The van der Waals surface area contributed by atoms with Crippen LogP contribution in [0.2, 0.25) is 0 Å². The number of amides is 1. The van der Waals surface area contributed by atoms with Crippen LogP contribution in [0.1, 0.15) is 27.3 Å². The highest BCUT2D eigenvalue weighted by molar-refractivity contribution is 14.1. The summed E-state index contributed by atoms with van der Waals surface area (Å²) in [6, 6.07) is 9.72. The number of halogens is 1. The second-order valence-electron chi connectivity index (χ2n) is 4.33. The Morgan fingerprint density at radius 2 is 1.72 bits per heavy atom. The maximum absolute atomic E-state index is 12.3. The predicted octanol–water partition coefficient (Wildman–Crippen LogP) is 3.40. The van der Waals surface area contributed by atoms with Gasteiger partial charge in [-0.05, 0) is 67.1 Å². The van der Waals surface area contributed by atoms with E-state index in [4.69, 9.17) is 0 Å². The van der Waals surface area contributed by atoms with E-state index in [0.29, 0.717) is 5.56 Å². The zero-order valence-electron chi connectivity index (χ0n) is 10.6. The summed E-state index contributed by atoms with van der Waals surface area (Å²) in [4.78, 5) is 12.3. The summed E-state index contributed by atoms with van der Waals surface area (Å²) in [7, 11) is 0. The molecule has 0 saturated carbocycles. The number of hydrogen-bond donors (Lipinski definition) is 1. The van der Waals surface area contributed by atoms with Gasteiger partial charge in [-0.1, -0.05) is 12.1 Å². The van der Waals surface area contributed by atoms with Crippen LogP contribution in [0.25, 0.3) is 0 Å². The van der Waals surface area contributed by atoms with Crippen LogP contribution in [0.3, 0.4) is 0 Å². The van der Waals surface area contributed by atoms with Crippen LogP contribution < -0.4 is 5.43 Å². The summed E-state index contributed by atoms with van der Waals surface area (Å²) >= 11 is 2.21. The van der Waals surface area contributed by atoms with Crippen molar-refractivity contribution in [3.05, 3.63) is 56.4 Å². The van der Waals surface area contributed by atoms with E-state index in [2.05, 4.69) is 28.0 Å². The van der Waals surface area contributed by atoms with Crippen molar-refractivity contribution in [3.8, 4) is 0 Å². The zero-order chi connectivity index (χ0) is 13.3. The van der Waals surface area contributed by atoms with Crippen LogP contribution in [0.15, 0.2) is 30.3 Å². The number of nitrogens with one attached hydrogen (secondary N) is 1. The minimum Gasteiger partial charge on any atom is -0.267 e. The highest BCUT2D eigenvalue weighted by Crippen LogP contribution is 2.17. The molecule has 1 aromatic carbocycles. The van der Waals surface area contributed by atoms with Gasteiger partial charge in [0.05, 0.1) is 5.56 Å². The lowest BCUT2D eigenvalue weighted by Gasteiger charge is -2.12. The number of carbonyl (C=O) groups excluding carboxylic acids is 1. The van der Waals surface area contributed by atoms with E-state index in [1.54, 1.807) is 4.68 Å². The summed E-state index contributed by atoms with van der Waals surface area (Å²) in [6.07, 6.45) is 0. The Hall–Kier alpha value is -1.30. The molecule has 0 radical (unpaired) electrons. The molecule has 94 valence electrons. The van der Waals surface area contributed by atoms with Gasteiger partial charge in [-0.15, -0.1) is 0 Å². The first-order valence-corrected chi connectivity index (χ1v) is 6.80. The fraction of sp³-hybridized carbons (Fsp3) is 0.214. The van der Waals surface area contributed by atoms with E-state index in [9.17, 15) is 4.79 Å². The van der Waals surface area contributed by atoms with Crippen molar-refractivity contribution in [2.24, 2.45) is 0 Å². The summed E-state index contributed by atoms with van der Waals surface area (Å²) < 4.78 is 2.80. The third-order valence-corrected chi connectivity index (χ3v) is 4.35. The van der Waals surface area contributed by atoms with E-state index in [1.807, 2.05) is 51.1 Å². The number of hydrogen-bond acceptors (Lipinski definition) is 1. The van der Waals surface area contributed by atoms with Crippen molar-refractivity contribution >= 4 is 28.5 Å². The fourth-order valence-corrected chi connectivity index (χ4v) is 2.43. The van der Waals surface area contributed by atoms with Crippen molar-refractivity contribution in [1.29, 1.82) is 0 Å². The Labute approximate surface area is 120 Å². The molecule has 1 N–H and O–H groups in total. The molecule has 1 amide bonds. The molecule has 3 nitrogen and oxygen atoms in total. The predicted molar refractivity (Wildman–Crippen MR) is 81.5 cm³/mol. The molecule has 4 heteroatoms. The maximum Gasteiger partial charge on any atom is 0.271 e. The lowest BCUT2D eigenvalue weighted by atomic mass is 10.1. The van der Waals surface area contributed by atoms with Crippen LogP contribution in [-0.2, 0) is 0 Å². The Morgan fingerprint density at radius 3 is 2.33 bits per heavy atom. The molecule has 0 saturated heterocycles. The molecule has 1 aromatic heterocycles. The van der Waals surface area contributed by atoms with Gasteiger partial charge in [0.25, 0.3) is 5.91 Å². The number of aromatic nitrogens is 1. The Kier molecular flexibility index (Phi) is 3.75. The number of carbonyl (C=O) groups is 1. The van der Waals surface area contributed by atoms with Crippen molar-refractivity contribution in [2.45, 2.75) is 20.8 Å². The van der Waals surface area contributed by atoms with Crippen LogP contribution >= 0.6 is 22.6 Å². The molecule has 0 aliphatic carbocycles. The summed E-state index contributed by atoms with van der Waals surface area (Å²) in [6.45, 7) is 5.94. The van der Waals surface area contributed by atoms with Gasteiger partial charge in [0, 0.05) is 15.0 Å². The van der Waals surface area contributed by atoms with Crippen molar-refractivity contribution in [1.82, 2.24) is 4.68 Å². The highest BCUT2D eigenvalue weighted by Gasteiger charge is 2.12. The van der Waals surface area contributed by atoms with E-state index >= 15 is 0 Å². The largest absolute Gasteiger partial charge is 0.271 e. The third-order valence-electron chi connectivity index (χ3n) is 2.92. The molecular formula is C14H15IN2O. The normalized spacial score (nSPS) is 10.4. The Balaban J connectivity index is 2.31. The SMILES string of the molecule is Cc1cccc(C(=O)Nn2c(C)ccc2C)c1I. The number of rotatable bonds is 2. The summed E-state index contributed by atoms with van der Waals surface area (Å²) in [5.41, 5.74) is 6.78. The van der Waals surface area contributed by atoms with Gasteiger partial charge in [-0.2, -0.15) is 0 Å². The van der Waals surface area contributed by atoms with Crippen LogP contribution in [0.4, 0.5) is 0 Å². The number of benzene rings is 1. The monoisotopic (exact) mass is 354 g/mol. The Bertz CT molecular complexity index is 582. The van der Waals surface area contributed by atoms with Gasteiger partial charge in [-0.3, -0.25) is 14.9 Å². The lowest BCUT2D eigenvalue weighted by Crippen LogP contribution is -2.25. The molecule has 18 heavy (non-hydrogen) atoms. The molecule has 1 heterocycles. The topological polar surface area (TPSA) is 34.0 Å². The molecule has 0 fully saturated rings. The zero-order valence-corrected chi connectivity index (χ0v) is 12.8. The second-order valence-corrected chi connectivity index (χ2v) is 5.41. The standard InChI is InChI=1S/C14H15IN2O/c1-9-5-4-6-12(13(9)15)14(18)16-17-10(2)7-8-11(17)3/h4-8H,1-3H3,(H,16,18). The molecule has 0 unspecified atom stereocenters. The quantitative estimate of drug-likeness (QED) is 0.825. The van der Waals surface area contributed by atoms with Gasteiger partial charge < -0.3 is 0 Å². The molecule has 0 aliphatic heterocycles. The molecule has 2 rings (SSSR count). The van der Waals surface area contributed by atoms with Crippen molar-refractivity contribution in [2.75, 3.05) is 5.43 Å². The van der Waals surface area contributed by atoms with Gasteiger partial charge in [0.15, 0.2) is 0 Å². The third kappa shape index (κ3) is 2.43. The fourth-order valence-electron chi connectivity index (χ4n) is 1.83. The van der Waals surface area contributed by atoms with E-state index in [0.717, 1.165) is 20.5 Å². The molecule has 0 aliphatic rings. The minimum absolute atomic E-state index is 0.0782. The van der Waals surface area contributed by atoms with E-state index in [-0.39, 0.29) is 5.91 Å². The van der Waals surface area contributed by atoms with Crippen molar-refractivity contribution < 1.29 is 4.79 Å². The molecular weight excluding hydrogens is 339 g/mol. The van der Waals surface area contributed by atoms with Crippen LogP contribution in [0.5, 0.6) is 0 Å². The van der Waals surface area contributed by atoms with Gasteiger partial charge in [-0.25, -0.2) is 0 Å². The van der Waals surface area contributed by atoms with Gasteiger partial charge in [0.1, 0.15) is 0 Å². The molecule has 0 atom stereocenters. The average molecular weight is 354 g/mol. The lowest BCUT2D eigenvalue weighted by molar-refractivity contribution is 0.101. The van der Waals surface area contributed by atoms with Crippen LogP contribution in [-0.4, -0.2) is 10.6 Å². The second kappa shape index (κ2) is 5.14. The van der Waals surface area contributed by atoms with Gasteiger partial charge >= 0.3 is 0 Å². The summed E-state index contributed by atoms with van der Waals surface area (Å²) in [5, 5.41) is 0. The van der Waals surface area contributed by atoms with Crippen LogP contribution in [0, 0.1) is 24.3 Å². The minimum atomic E-state index is -0.0782. The first kappa shape index (κ1) is 13.1. The molecule has 2 aromatic rings. The highest BCUT2D eigenvalue weighted by atomic mass is 127. The maximum atomic E-state index is 12.3. The van der Waals surface area contributed by atoms with Crippen molar-refractivity contribution in [3.63, 3.8) is 0 Å². The van der Waals surface area contributed by atoms with Gasteiger partial charge in [0.2, 0.25) is 0 Å². The van der Waals surface area contributed by atoms with E-state index < -0.39 is 0 Å². The number of nitrogens with zero attached hydrogens (tertiary/aromatic N) is 1. The first-order valence-electron chi connectivity index (χ1n) is 5.72. The molecule has 0 spiro atoms. The first-order chi connectivity index (χ1) is 8.50.